The normalized spacial score (nSPS) is 16.9. The maximum absolute atomic E-state index is 12.5. The first-order valence-corrected chi connectivity index (χ1v) is 8.59. The lowest BCUT2D eigenvalue weighted by molar-refractivity contribution is -0.134. The average molecular weight is 349 g/mol. The zero-order valence-corrected chi connectivity index (χ0v) is 15.3. The predicted octanol–water partition coefficient (Wildman–Crippen LogP) is 2.36. The Hall–Kier alpha value is -2.31. The van der Waals surface area contributed by atoms with Crippen LogP contribution in [0.15, 0.2) is 24.5 Å². The minimum atomic E-state index is -0.618. The van der Waals surface area contributed by atoms with Crippen LogP contribution in [0.25, 0.3) is 0 Å². The van der Waals surface area contributed by atoms with Gasteiger partial charge >= 0.3 is 6.09 Å². The second-order valence-corrected chi connectivity index (χ2v) is 7.19. The van der Waals surface area contributed by atoms with Crippen molar-refractivity contribution in [3.8, 4) is 5.75 Å². The molecule has 1 aromatic rings. The van der Waals surface area contributed by atoms with Gasteiger partial charge in [-0.3, -0.25) is 9.78 Å². The summed E-state index contributed by atoms with van der Waals surface area (Å²) in [6, 6.07) is 3.03. The van der Waals surface area contributed by atoms with Crippen LogP contribution < -0.4 is 10.1 Å². The third kappa shape index (κ3) is 6.25. The van der Waals surface area contributed by atoms with E-state index in [1.807, 2.05) is 12.1 Å². The number of carbonyl (C=O) groups excluding carboxylic acids is 2. The lowest BCUT2D eigenvalue weighted by Crippen LogP contribution is -2.51. The summed E-state index contributed by atoms with van der Waals surface area (Å²) in [5, 5.41) is 2.59. The van der Waals surface area contributed by atoms with Crippen molar-refractivity contribution in [2.45, 2.75) is 58.3 Å². The number of rotatable bonds is 4. The first kappa shape index (κ1) is 19.0. The Bertz CT molecular complexity index is 578. The lowest BCUT2D eigenvalue weighted by Gasteiger charge is -2.34. The smallest absolute Gasteiger partial charge is 0.408 e. The number of hydrogen-bond donors (Lipinski definition) is 1. The second kappa shape index (κ2) is 8.18. The average Bonchev–Trinajstić information content (AvgIpc) is 2.54. The molecular weight excluding hydrogens is 322 g/mol. The Kier molecular flexibility index (Phi) is 6.22. The fourth-order valence-corrected chi connectivity index (χ4v) is 2.62. The van der Waals surface area contributed by atoms with E-state index in [1.165, 1.54) is 0 Å². The van der Waals surface area contributed by atoms with E-state index in [9.17, 15) is 9.59 Å². The van der Waals surface area contributed by atoms with Gasteiger partial charge in [-0.25, -0.2) is 4.79 Å². The largest absolute Gasteiger partial charge is 0.490 e. The Labute approximate surface area is 148 Å². The molecule has 1 N–H and O–H groups in total. The maximum atomic E-state index is 12.5. The van der Waals surface area contributed by atoms with Gasteiger partial charge in [-0.1, -0.05) is 0 Å². The Morgan fingerprint density at radius 3 is 2.40 bits per heavy atom. The van der Waals surface area contributed by atoms with E-state index >= 15 is 0 Å². The Balaban J connectivity index is 1.77. The highest BCUT2D eigenvalue weighted by atomic mass is 16.6. The molecule has 7 nitrogen and oxygen atoms in total. The van der Waals surface area contributed by atoms with Gasteiger partial charge in [-0.2, -0.15) is 0 Å². The van der Waals surface area contributed by atoms with Gasteiger partial charge in [-0.15, -0.1) is 0 Å². The van der Waals surface area contributed by atoms with E-state index in [0.29, 0.717) is 13.1 Å². The van der Waals surface area contributed by atoms with Crippen molar-refractivity contribution < 1.29 is 19.1 Å². The van der Waals surface area contributed by atoms with Gasteiger partial charge in [0.15, 0.2) is 0 Å². The second-order valence-electron chi connectivity index (χ2n) is 7.19. The summed E-state index contributed by atoms with van der Waals surface area (Å²) < 4.78 is 11.1. The van der Waals surface area contributed by atoms with Crippen LogP contribution in [-0.2, 0) is 9.53 Å². The predicted molar refractivity (Wildman–Crippen MR) is 93.3 cm³/mol. The Morgan fingerprint density at radius 1 is 1.24 bits per heavy atom. The number of amides is 2. The molecule has 7 heteroatoms. The molecule has 2 heterocycles. The van der Waals surface area contributed by atoms with Crippen molar-refractivity contribution in [3.63, 3.8) is 0 Å². The number of carbonyl (C=O) groups is 2. The van der Waals surface area contributed by atoms with Gasteiger partial charge in [0.05, 0.1) is 0 Å². The third-order valence-electron chi connectivity index (χ3n) is 3.81. The van der Waals surface area contributed by atoms with Gasteiger partial charge in [0.1, 0.15) is 23.5 Å². The fourth-order valence-electron chi connectivity index (χ4n) is 2.62. The van der Waals surface area contributed by atoms with Crippen LogP contribution in [0.4, 0.5) is 4.79 Å². The number of aromatic nitrogens is 1. The summed E-state index contributed by atoms with van der Waals surface area (Å²) in [6.45, 7) is 8.24. The van der Waals surface area contributed by atoms with Crippen molar-refractivity contribution in [1.29, 1.82) is 0 Å². The molecule has 1 atom stereocenters. The van der Waals surface area contributed by atoms with Gasteiger partial charge in [0.2, 0.25) is 5.91 Å². The standard InChI is InChI=1S/C18H27N3O4/c1-13(20-17(23)25-18(2,3)4)16(22)21-11-7-15(8-12-21)24-14-5-9-19-10-6-14/h5-6,9-10,13,15H,7-8,11-12H2,1-4H3,(H,20,23)/t13-/m0/s1. The highest BCUT2D eigenvalue weighted by molar-refractivity contribution is 5.85. The van der Waals surface area contributed by atoms with Gasteiger partial charge < -0.3 is 19.7 Å². The topological polar surface area (TPSA) is 80.8 Å². The van der Waals surface area contributed by atoms with Crippen molar-refractivity contribution >= 4 is 12.0 Å². The molecule has 0 aromatic carbocycles. The van der Waals surface area contributed by atoms with Crippen molar-refractivity contribution in [2.75, 3.05) is 13.1 Å². The summed E-state index contributed by atoms with van der Waals surface area (Å²) >= 11 is 0. The number of pyridine rings is 1. The number of nitrogens with one attached hydrogen (secondary N) is 1. The van der Waals surface area contributed by atoms with E-state index in [-0.39, 0.29) is 12.0 Å². The van der Waals surface area contributed by atoms with Crippen LogP contribution in [0.2, 0.25) is 0 Å². The van der Waals surface area contributed by atoms with Gasteiger partial charge in [-0.05, 0) is 39.8 Å². The molecule has 0 unspecified atom stereocenters. The molecule has 2 rings (SSSR count). The van der Waals surface area contributed by atoms with Crippen molar-refractivity contribution in [2.24, 2.45) is 0 Å². The molecule has 1 aliphatic heterocycles. The van der Waals surface area contributed by atoms with Crippen LogP contribution in [0.1, 0.15) is 40.5 Å². The molecule has 25 heavy (non-hydrogen) atoms. The molecule has 1 saturated heterocycles. The molecule has 0 bridgehead atoms. The van der Waals surface area contributed by atoms with Crippen molar-refractivity contribution in [3.05, 3.63) is 24.5 Å². The van der Waals surface area contributed by atoms with Crippen molar-refractivity contribution in [1.82, 2.24) is 15.2 Å². The molecule has 138 valence electrons. The molecule has 0 radical (unpaired) electrons. The highest BCUT2D eigenvalue weighted by Crippen LogP contribution is 2.18. The minimum Gasteiger partial charge on any atom is -0.490 e. The molecule has 1 aromatic heterocycles. The van der Waals surface area contributed by atoms with Crippen LogP contribution in [0.5, 0.6) is 5.75 Å². The summed E-state index contributed by atoms with van der Waals surface area (Å²) in [5.74, 6) is 0.688. The highest BCUT2D eigenvalue weighted by Gasteiger charge is 2.28. The van der Waals surface area contributed by atoms with Gasteiger partial charge in [0.25, 0.3) is 0 Å². The zero-order chi connectivity index (χ0) is 18.4. The van der Waals surface area contributed by atoms with E-state index in [2.05, 4.69) is 10.3 Å². The number of nitrogens with zero attached hydrogens (tertiary/aromatic N) is 2. The van der Waals surface area contributed by atoms with Crippen LogP contribution in [0.3, 0.4) is 0 Å². The lowest BCUT2D eigenvalue weighted by atomic mass is 10.1. The van der Waals surface area contributed by atoms with Crippen LogP contribution in [0, 0.1) is 0 Å². The number of piperidine rings is 1. The molecular formula is C18H27N3O4. The number of likely N-dealkylation sites (tertiary alicyclic amines) is 1. The third-order valence-corrected chi connectivity index (χ3v) is 3.81. The molecule has 1 aliphatic rings. The van der Waals surface area contributed by atoms with E-state index in [4.69, 9.17) is 9.47 Å². The van der Waals surface area contributed by atoms with Gasteiger partial charge in [0, 0.05) is 38.3 Å². The molecule has 0 saturated carbocycles. The Morgan fingerprint density at radius 2 is 1.84 bits per heavy atom. The molecule has 0 spiro atoms. The monoisotopic (exact) mass is 349 g/mol. The summed E-state index contributed by atoms with van der Waals surface area (Å²) in [6.07, 6.45) is 4.40. The number of hydrogen-bond acceptors (Lipinski definition) is 5. The molecule has 2 amide bonds. The SMILES string of the molecule is C[C@H](NC(=O)OC(C)(C)C)C(=O)N1CCC(Oc2ccncc2)CC1. The van der Waals surface area contributed by atoms with E-state index in [1.54, 1.807) is 45.0 Å². The summed E-state index contributed by atoms with van der Waals surface area (Å²) in [7, 11) is 0. The van der Waals surface area contributed by atoms with Crippen LogP contribution in [-0.4, -0.2) is 52.7 Å². The molecule has 1 fully saturated rings. The van der Waals surface area contributed by atoms with E-state index < -0.39 is 17.7 Å². The zero-order valence-electron chi connectivity index (χ0n) is 15.3. The minimum absolute atomic E-state index is 0.0839. The maximum Gasteiger partial charge on any atom is 0.408 e. The first-order chi connectivity index (χ1) is 11.7. The molecule has 0 aliphatic carbocycles. The van der Waals surface area contributed by atoms with E-state index in [0.717, 1.165) is 18.6 Å². The summed E-state index contributed by atoms with van der Waals surface area (Å²) in [4.78, 5) is 30.0. The fraction of sp³-hybridized carbons (Fsp3) is 0.611. The first-order valence-electron chi connectivity index (χ1n) is 8.59. The number of ether oxygens (including phenoxy) is 2. The number of alkyl carbamates (subject to hydrolysis) is 1. The van der Waals surface area contributed by atoms with Crippen LogP contribution >= 0.6 is 0 Å². The quantitative estimate of drug-likeness (QED) is 0.902. The summed E-state index contributed by atoms with van der Waals surface area (Å²) in [5.41, 5.74) is -0.588.